The Bertz CT molecular complexity index is 1750. The molecule has 17 heteroatoms. The summed E-state index contributed by atoms with van der Waals surface area (Å²) in [5.74, 6) is -1.14. The Morgan fingerprint density at radius 3 is 1.29 bits per heavy atom. The van der Waals surface area contributed by atoms with Gasteiger partial charge in [-0.2, -0.15) is 25.3 Å². The minimum atomic E-state index is -5.01. The first-order chi connectivity index (χ1) is 14.6. The van der Waals surface area contributed by atoms with E-state index >= 15 is 0 Å². The van der Waals surface area contributed by atoms with Gasteiger partial charge in [-0.25, -0.2) is 0 Å². The van der Waals surface area contributed by atoms with E-state index in [0.717, 1.165) is 25.1 Å². The van der Waals surface area contributed by atoms with Crippen LogP contribution in [0.5, 0.6) is 5.75 Å². The zero-order valence-electron chi connectivity index (χ0n) is 15.8. The van der Waals surface area contributed by atoms with Gasteiger partial charge in [0.05, 0.1) is 0 Å². The Morgan fingerprint density at radius 1 is 0.629 bits per heavy atom. The molecule has 174 valence electrons. The van der Waals surface area contributed by atoms with E-state index < -0.39 is 51.0 Å². The molecule has 0 heterocycles. The van der Waals surface area contributed by atoms with Crippen LogP contribution in [0.25, 0.3) is 32.3 Å². The van der Waals surface area contributed by atoms with Gasteiger partial charge >= 0.3 is 94.6 Å². The van der Waals surface area contributed by atoms with E-state index in [4.69, 9.17) is 4.74 Å². The Balaban J connectivity index is 0.00000204. The monoisotopic (exact) mass is 572 g/mol. The van der Waals surface area contributed by atoms with Crippen LogP contribution in [0.4, 0.5) is 0 Å². The Morgan fingerprint density at radius 2 is 0.943 bits per heavy atom. The third-order valence-corrected chi connectivity index (χ3v) is 7.52. The fourth-order valence-electron chi connectivity index (χ4n) is 3.75. The average Bonchev–Trinajstić information content (AvgIpc) is 2.63. The van der Waals surface area contributed by atoms with Crippen molar-refractivity contribution in [3.8, 4) is 5.75 Å². The number of hydrogen-bond acceptors (Lipinski definition) is 8. The van der Waals surface area contributed by atoms with Crippen molar-refractivity contribution in [1.82, 2.24) is 0 Å². The molecule has 0 aromatic heterocycles. The van der Waals surface area contributed by atoms with Gasteiger partial charge in [0.1, 0.15) is 20.4 Å². The molecule has 0 bridgehead atoms. The Labute approximate surface area is 266 Å². The van der Waals surface area contributed by atoms with Crippen LogP contribution in [0.15, 0.2) is 51.1 Å². The van der Waals surface area contributed by atoms with Crippen molar-refractivity contribution < 1.29 is 48.4 Å². The van der Waals surface area contributed by atoms with Gasteiger partial charge in [0.25, 0.3) is 30.4 Å². The quantitative estimate of drug-likeness (QED) is 0.100. The summed E-state index contributed by atoms with van der Waals surface area (Å²) in [6, 6.07) is 6.20. The molecule has 4 aromatic carbocycles. The van der Waals surface area contributed by atoms with Gasteiger partial charge in [-0.1, -0.05) is 18.2 Å². The molecule has 11 nitrogen and oxygen atoms in total. The second-order valence-electron chi connectivity index (χ2n) is 6.84. The summed E-state index contributed by atoms with van der Waals surface area (Å²) >= 11 is 0. The summed E-state index contributed by atoms with van der Waals surface area (Å²) in [5, 5.41) is -0.716. The van der Waals surface area contributed by atoms with Crippen LogP contribution < -0.4 is 4.74 Å². The minimum absolute atomic E-state index is 0. The van der Waals surface area contributed by atoms with E-state index in [-0.39, 0.29) is 127 Å². The summed E-state index contributed by atoms with van der Waals surface area (Å²) < 4.78 is 106. The van der Waals surface area contributed by atoms with Crippen molar-refractivity contribution in [2.24, 2.45) is 0 Å². The summed E-state index contributed by atoms with van der Waals surface area (Å²) in [6.07, 6.45) is 0. The molecule has 4 rings (SSSR count). The molecule has 35 heavy (non-hydrogen) atoms. The Hall–Kier alpha value is 0.120. The zero-order chi connectivity index (χ0) is 23.8. The van der Waals surface area contributed by atoms with Gasteiger partial charge < -0.3 is 4.74 Å². The molecule has 0 amide bonds. The average molecular weight is 572 g/mol. The molecule has 0 radical (unpaired) electrons. The number of ether oxygens (including phenoxy) is 1. The van der Waals surface area contributed by atoms with Gasteiger partial charge in [-0.15, -0.1) is 0 Å². The second kappa shape index (κ2) is 11.1. The summed E-state index contributed by atoms with van der Waals surface area (Å²) in [4.78, 5) is 9.13. The van der Waals surface area contributed by atoms with Crippen LogP contribution in [0, 0.1) is 0 Å². The van der Waals surface area contributed by atoms with Crippen LogP contribution in [-0.4, -0.2) is 134 Å². The standard InChI is InChI=1S/C18H12O11S3.3Na.3H/c1-8(19)29-13-6-14(30(20,21)22)10-4-5-12-16(32(26,27)28)7-15(31(23,24)25)11-3-2-9(13)17(10)18(11)12;;;;;;/h2-7H,1H3,(H,20,21,22)(H,23,24,25)(H,26,27,28);;;;;;. The van der Waals surface area contributed by atoms with E-state index in [2.05, 4.69) is 0 Å². The SMILES string of the molecule is CC(=O)Oc1cc(S(=O)(=O)O)c2ccc3c(S(=O)(=O)O)cc(S(=O)(=O)O)c4ccc1c2c43.[NaH].[NaH].[NaH]. The van der Waals surface area contributed by atoms with Crippen LogP contribution >= 0.6 is 0 Å². The van der Waals surface area contributed by atoms with Crippen LogP contribution in [0.1, 0.15) is 6.92 Å². The number of carbonyl (C=O) groups excluding carboxylic acids is 1. The molecular weight excluding hydrogens is 557 g/mol. The third-order valence-electron chi connectivity index (χ3n) is 4.83. The van der Waals surface area contributed by atoms with Crippen molar-refractivity contribution in [3.05, 3.63) is 36.4 Å². The van der Waals surface area contributed by atoms with Crippen LogP contribution in [-0.2, 0) is 35.1 Å². The molecule has 0 unspecified atom stereocenters. The molecule has 0 fully saturated rings. The van der Waals surface area contributed by atoms with Gasteiger partial charge in [0.15, 0.2) is 0 Å². The van der Waals surface area contributed by atoms with Crippen molar-refractivity contribution in [2.45, 2.75) is 21.6 Å². The first-order valence-electron chi connectivity index (χ1n) is 8.50. The number of carbonyl (C=O) groups is 1. The molecule has 4 aromatic rings. The number of esters is 1. The number of hydrogen-bond donors (Lipinski definition) is 3. The number of benzene rings is 4. The van der Waals surface area contributed by atoms with E-state index in [1.807, 2.05) is 0 Å². The second-order valence-corrected chi connectivity index (χ2v) is 11.0. The summed E-state index contributed by atoms with van der Waals surface area (Å²) in [7, 11) is -14.9. The first kappa shape index (κ1) is 33.1. The van der Waals surface area contributed by atoms with Crippen molar-refractivity contribution >= 4 is 157 Å². The van der Waals surface area contributed by atoms with E-state index in [1.54, 1.807) is 0 Å². The van der Waals surface area contributed by atoms with Gasteiger partial charge in [-0.3, -0.25) is 18.5 Å². The number of rotatable bonds is 4. The Kier molecular flexibility index (Phi) is 10.5. The third kappa shape index (κ3) is 6.08. The topological polar surface area (TPSA) is 189 Å². The molecule has 0 spiro atoms. The fraction of sp³-hybridized carbons (Fsp3) is 0.0556. The molecule has 3 N–H and O–H groups in total. The summed E-state index contributed by atoms with van der Waals surface area (Å²) in [6.45, 7) is 1.04. The zero-order valence-corrected chi connectivity index (χ0v) is 18.2. The van der Waals surface area contributed by atoms with Crippen LogP contribution in [0.3, 0.4) is 0 Å². The van der Waals surface area contributed by atoms with E-state index in [0.29, 0.717) is 6.07 Å². The van der Waals surface area contributed by atoms with Gasteiger partial charge in [0, 0.05) is 45.3 Å². The molecule has 0 aliphatic rings. The van der Waals surface area contributed by atoms with Crippen molar-refractivity contribution in [3.63, 3.8) is 0 Å². The maximum absolute atomic E-state index is 12.0. The first-order valence-corrected chi connectivity index (χ1v) is 12.8. The fourth-order valence-corrected chi connectivity index (χ4v) is 5.95. The molecule has 0 atom stereocenters. The predicted octanol–water partition coefficient (Wildman–Crippen LogP) is 0.304. The van der Waals surface area contributed by atoms with E-state index in [1.165, 1.54) is 12.1 Å². The molecule has 0 aliphatic carbocycles. The molecule has 0 saturated carbocycles. The maximum atomic E-state index is 12.0. The van der Waals surface area contributed by atoms with Gasteiger partial charge in [0.2, 0.25) is 0 Å². The molecule has 0 saturated heterocycles. The van der Waals surface area contributed by atoms with Crippen molar-refractivity contribution in [1.29, 1.82) is 0 Å². The molecule has 0 aliphatic heterocycles. The van der Waals surface area contributed by atoms with E-state index in [9.17, 15) is 43.7 Å². The normalized spacial score (nSPS) is 12.1. The van der Waals surface area contributed by atoms with Crippen LogP contribution in [0.2, 0.25) is 0 Å². The summed E-state index contributed by atoms with van der Waals surface area (Å²) in [5.41, 5.74) is 0. The molecular formula is C18H15Na3O11S3. The van der Waals surface area contributed by atoms with Gasteiger partial charge in [-0.05, 0) is 12.1 Å². The van der Waals surface area contributed by atoms with Crippen molar-refractivity contribution in [2.75, 3.05) is 0 Å². The predicted molar refractivity (Wildman–Crippen MR) is 132 cm³/mol.